The molecule has 3 aliphatic rings. The second kappa shape index (κ2) is 6.74. The van der Waals surface area contributed by atoms with Gasteiger partial charge in [-0.3, -0.25) is 9.59 Å². The molecule has 0 radical (unpaired) electrons. The molecule has 25 heavy (non-hydrogen) atoms. The predicted molar refractivity (Wildman–Crippen MR) is 87.3 cm³/mol. The van der Waals surface area contributed by atoms with Crippen LogP contribution in [0.25, 0.3) is 0 Å². The second-order valence-corrected chi connectivity index (χ2v) is 8.90. The smallest absolute Gasteiger partial charge is 0.355 e. The van der Waals surface area contributed by atoms with E-state index in [0.717, 1.165) is 17.9 Å². The van der Waals surface area contributed by atoms with Gasteiger partial charge in [0.25, 0.3) is 5.91 Å². The molecule has 138 valence electrons. The average Bonchev–Trinajstić information content (AvgIpc) is 3.28. The van der Waals surface area contributed by atoms with Crippen molar-refractivity contribution in [1.82, 2.24) is 10.3 Å². The van der Waals surface area contributed by atoms with Crippen LogP contribution in [-0.4, -0.2) is 66.6 Å². The number of ether oxygens (including phenoxy) is 1. The maximum absolute atomic E-state index is 12.2. The number of hydrogen-bond acceptors (Lipinski definition) is 7. The molecule has 2 aliphatic heterocycles. The van der Waals surface area contributed by atoms with Gasteiger partial charge in [0.05, 0.1) is 17.5 Å². The summed E-state index contributed by atoms with van der Waals surface area (Å²) in [6.45, 7) is 1.48. The zero-order valence-electron chi connectivity index (χ0n) is 13.9. The SMILES string of the molecule is C[C@@H](OC(=O)C1=NN([C@@H]2CCS(=O)(=O)C2)C(=O)CC1)C(=O)NC1CC1. The maximum Gasteiger partial charge on any atom is 0.355 e. The van der Waals surface area contributed by atoms with Crippen molar-refractivity contribution in [1.29, 1.82) is 0 Å². The third-order valence-corrected chi connectivity index (χ3v) is 6.18. The van der Waals surface area contributed by atoms with Crippen molar-refractivity contribution in [3.8, 4) is 0 Å². The third kappa shape index (κ3) is 4.36. The lowest BCUT2D eigenvalue weighted by atomic mass is 10.1. The van der Waals surface area contributed by atoms with Crippen molar-refractivity contribution in [2.75, 3.05) is 11.5 Å². The molecule has 2 atom stereocenters. The Labute approximate surface area is 145 Å². The first kappa shape index (κ1) is 17.8. The van der Waals surface area contributed by atoms with E-state index in [0.29, 0.717) is 6.42 Å². The summed E-state index contributed by atoms with van der Waals surface area (Å²) in [4.78, 5) is 36.1. The monoisotopic (exact) mass is 371 g/mol. The normalized spacial score (nSPS) is 26.8. The molecule has 0 bridgehead atoms. The Bertz CT molecular complexity index is 728. The van der Waals surface area contributed by atoms with Crippen molar-refractivity contribution >= 4 is 33.3 Å². The number of amides is 2. The Kier molecular flexibility index (Phi) is 4.81. The Morgan fingerprint density at radius 3 is 2.60 bits per heavy atom. The van der Waals surface area contributed by atoms with Gasteiger partial charge in [0.15, 0.2) is 15.9 Å². The van der Waals surface area contributed by atoms with E-state index >= 15 is 0 Å². The van der Waals surface area contributed by atoms with Gasteiger partial charge in [0.2, 0.25) is 5.91 Å². The molecule has 0 unspecified atom stereocenters. The first-order valence-electron chi connectivity index (χ1n) is 8.36. The lowest BCUT2D eigenvalue weighted by molar-refractivity contribution is -0.149. The van der Waals surface area contributed by atoms with Crippen molar-refractivity contribution in [2.45, 2.75) is 57.2 Å². The maximum atomic E-state index is 12.2. The van der Waals surface area contributed by atoms with Crippen LogP contribution in [0.4, 0.5) is 0 Å². The highest BCUT2D eigenvalue weighted by molar-refractivity contribution is 7.91. The molecule has 0 aromatic heterocycles. The van der Waals surface area contributed by atoms with E-state index in [1.165, 1.54) is 6.92 Å². The predicted octanol–water partition coefficient (Wildman–Crippen LogP) is -0.638. The minimum Gasteiger partial charge on any atom is -0.448 e. The van der Waals surface area contributed by atoms with Crippen molar-refractivity contribution in [3.05, 3.63) is 0 Å². The van der Waals surface area contributed by atoms with Gasteiger partial charge in [-0.25, -0.2) is 18.2 Å². The number of carbonyl (C=O) groups excluding carboxylic acids is 3. The fourth-order valence-corrected chi connectivity index (χ4v) is 4.49. The van der Waals surface area contributed by atoms with E-state index in [1.54, 1.807) is 0 Å². The Morgan fingerprint density at radius 1 is 1.28 bits per heavy atom. The minimum atomic E-state index is -3.17. The zero-order valence-corrected chi connectivity index (χ0v) is 14.8. The summed E-state index contributed by atoms with van der Waals surface area (Å²) in [6.07, 6.45) is 1.40. The van der Waals surface area contributed by atoms with Crippen LogP contribution in [0.1, 0.15) is 39.0 Å². The molecule has 0 aromatic rings. The highest BCUT2D eigenvalue weighted by atomic mass is 32.2. The van der Waals surface area contributed by atoms with Gasteiger partial charge in [0, 0.05) is 18.9 Å². The molecule has 0 aromatic carbocycles. The standard InChI is InChI=1S/C15H21N3O6S/c1-9(14(20)16-10-2-3-10)24-15(21)12-4-5-13(19)18(17-12)11-6-7-25(22,23)8-11/h9-11H,2-8H2,1H3,(H,16,20)/t9-,11-/m1/s1. The largest absolute Gasteiger partial charge is 0.448 e. The molecule has 2 amide bonds. The van der Waals surface area contributed by atoms with E-state index in [4.69, 9.17) is 4.74 Å². The fourth-order valence-electron chi connectivity index (χ4n) is 2.80. The zero-order chi connectivity index (χ0) is 18.2. The van der Waals surface area contributed by atoms with Gasteiger partial charge in [0.1, 0.15) is 5.71 Å². The number of sulfone groups is 1. The molecule has 10 heteroatoms. The molecule has 9 nitrogen and oxygen atoms in total. The minimum absolute atomic E-state index is 0.00905. The van der Waals surface area contributed by atoms with E-state index < -0.39 is 28.0 Å². The molecular formula is C15H21N3O6S. The Morgan fingerprint density at radius 2 is 2.00 bits per heavy atom. The van der Waals surface area contributed by atoms with Crippen LogP contribution in [-0.2, 0) is 29.0 Å². The lowest BCUT2D eigenvalue weighted by Gasteiger charge is -2.27. The summed E-state index contributed by atoms with van der Waals surface area (Å²) >= 11 is 0. The summed E-state index contributed by atoms with van der Waals surface area (Å²) in [5, 5.41) is 7.87. The van der Waals surface area contributed by atoms with Gasteiger partial charge in [-0.1, -0.05) is 0 Å². The molecule has 1 saturated heterocycles. The summed E-state index contributed by atoms with van der Waals surface area (Å²) in [7, 11) is -3.17. The summed E-state index contributed by atoms with van der Waals surface area (Å²) in [6, 6.07) is -0.380. The molecule has 2 heterocycles. The average molecular weight is 371 g/mol. The van der Waals surface area contributed by atoms with Crippen molar-refractivity contribution < 1.29 is 27.5 Å². The second-order valence-electron chi connectivity index (χ2n) is 6.67. The van der Waals surface area contributed by atoms with Crippen LogP contribution in [0.5, 0.6) is 0 Å². The Hall–Kier alpha value is -1.97. The number of rotatable bonds is 5. The Balaban J connectivity index is 1.63. The van der Waals surface area contributed by atoms with Crippen molar-refractivity contribution in [2.24, 2.45) is 5.10 Å². The molecule has 1 saturated carbocycles. The molecule has 1 aliphatic carbocycles. The summed E-state index contributed by atoms with van der Waals surface area (Å²) in [5.41, 5.74) is 0.0370. The van der Waals surface area contributed by atoms with E-state index in [-0.39, 0.29) is 47.9 Å². The number of carbonyl (C=O) groups is 3. The number of esters is 1. The van der Waals surface area contributed by atoms with Crippen LogP contribution in [0, 0.1) is 0 Å². The lowest BCUT2D eigenvalue weighted by Crippen LogP contribution is -2.43. The van der Waals surface area contributed by atoms with Gasteiger partial charge in [-0.05, 0) is 26.2 Å². The van der Waals surface area contributed by atoms with Crippen LogP contribution in [0.3, 0.4) is 0 Å². The van der Waals surface area contributed by atoms with E-state index in [1.807, 2.05) is 0 Å². The third-order valence-electron chi connectivity index (χ3n) is 4.43. The first-order chi connectivity index (χ1) is 11.7. The number of nitrogens with zero attached hydrogens (tertiary/aromatic N) is 2. The van der Waals surface area contributed by atoms with Gasteiger partial charge in [-0.2, -0.15) is 5.10 Å². The molecule has 2 fully saturated rings. The van der Waals surface area contributed by atoms with Gasteiger partial charge >= 0.3 is 5.97 Å². The van der Waals surface area contributed by atoms with E-state index in [9.17, 15) is 22.8 Å². The van der Waals surface area contributed by atoms with Gasteiger partial charge in [-0.15, -0.1) is 0 Å². The molecular weight excluding hydrogens is 350 g/mol. The highest BCUT2D eigenvalue weighted by Crippen LogP contribution is 2.22. The van der Waals surface area contributed by atoms with Gasteiger partial charge < -0.3 is 10.1 Å². The number of hydrogen-bond donors (Lipinski definition) is 1. The molecule has 3 rings (SSSR count). The highest BCUT2D eigenvalue weighted by Gasteiger charge is 2.38. The van der Waals surface area contributed by atoms with Crippen LogP contribution in [0.15, 0.2) is 5.10 Å². The molecule has 1 N–H and O–H groups in total. The van der Waals surface area contributed by atoms with Crippen LogP contribution < -0.4 is 5.32 Å². The summed E-state index contributed by atoms with van der Waals surface area (Å²) in [5.74, 6) is -1.56. The number of nitrogens with one attached hydrogen (secondary N) is 1. The van der Waals surface area contributed by atoms with Crippen LogP contribution >= 0.6 is 0 Å². The van der Waals surface area contributed by atoms with Crippen molar-refractivity contribution in [3.63, 3.8) is 0 Å². The topological polar surface area (TPSA) is 122 Å². The first-order valence-corrected chi connectivity index (χ1v) is 10.2. The summed E-state index contributed by atoms with van der Waals surface area (Å²) < 4.78 is 28.3. The quantitative estimate of drug-likeness (QED) is 0.642. The number of hydrazone groups is 1. The molecule has 0 spiro atoms. The van der Waals surface area contributed by atoms with Crippen LogP contribution in [0.2, 0.25) is 0 Å². The fraction of sp³-hybridized carbons (Fsp3) is 0.733. The van der Waals surface area contributed by atoms with E-state index in [2.05, 4.69) is 10.4 Å².